The summed E-state index contributed by atoms with van der Waals surface area (Å²) in [6, 6.07) is 15.0. The Kier molecular flexibility index (Phi) is 7.63. The number of fused-ring (bicyclic) bond motifs is 2. The smallest absolute Gasteiger partial charge is 0.338 e. The van der Waals surface area contributed by atoms with Gasteiger partial charge in [0.15, 0.2) is 4.80 Å². The highest BCUT2D eigenvalue weighted by molar-refractivity contribution is 7.07. The maximum Gasteiger partial charge on any atom is 0.338 e. The summed E-state index contributed by atoms with van der Waals surface area (Å²) >= 11 is 1.33. The standard InChI is InChI=1S/C32H33N3O4S/c1-7-17-34-21(6)25(24-11-9-10-12-26(24)34)18-27-30(36)35-29(22-13-15-23(16-14-22)39-19(3)4)28(31(37)38-8-2)20(5)33-32(35)40-27/h7,9-16,18-19,29H,1,8,17H2,2-6H3/b27-18-/t29-/m0/s1. The van der Waals surface area contributed by atoms with E-state index in [0.717, 1.165) is 33.5 Å². The lowest BCUT2D eigenvalue weighted by atomic mass is 9.96. The van der Waals surface area contributed by atoms with Crippen LogP contribution in [0.15, 0.2) is 82.2 Å². The molecule has 5 rings (SSSR count). The third-order valence-electron chi connectivity index (χ3n) is 6.95. The molecule has 0 N–H and O–H groups in total. The average Bonchev–Trinajstić information content (AvgIpc) is 3.37. The van der Waals surface area contributed by atoms with E-state index >= 15 is 0 Å². The first-order valence-electron chi connectivity index (χ1n) is 13.4. The molecule has 4 aromatic rings. The lowest BCUT2D eigenvalue weighted by Crippen LogP contribution is -2.39. The van der Waals surface area contributed by atoms with Crippen molar-refractivity contribution in [2.24, 2.45) is 4.99 Å². The number of esters is 1. The number of allylic oxidation sites excluding steroid dienone is 2. The van der Waals surface area contributed by atoms with E-state index < -0.39 is 12.0 Å². The fraction of sp³-hybridized carbons (Fsp3) is 0.281. The van der Waals surface area contributed by atoms with Gasteiger partial charge in [0.05, 0.1) is 34.6 Å². The van der Waals surface area contributed by atoms with Gasteiger partial charge in [-0.3, -0.25) is 9.36 Å². The van der Waals surface area contributed by atoms with E-state index in [-0.39, 0.29) is 18.3 Å². The molecule has 2 aromatic carbocycles. The number of rotatable bonds is 8. The fourth-order valence-electron chi connectivity index (χ4n) is 5.24. The van der Waals surface area contributed by atoms with Gasteiger partial charge in [-0.1, -0.05) is 47.7 Å². The topological polar surface area (TPSA) is 74.8 Å². The van der Waals surface area contributed by atoms with Crippen molar-refractivity contribution in [1.29, 1.82) is 0 Å². The summed E-state index contributed by atoms with van der Waals surface area (Å²) in [5.74, 6) is 0.241. The van der Waals surface area contributed by atoms with Crippen LogP contribution in [0.4, 0.5) is 0 Å². The monoisotopic (exact) mass is 555 g/mol. The van der Waals surface area contributed by atoms with E-state index in [9.17, 15) is 9.59 Å². The second kappa shape index (κ2) is 11.1. The third-order valence-corrected chi connectivity index (χ3v) is 7.93. The van der Waals surface area contributed by atoms with Gasteiger partial charge in [-0.25, -0.2) is 9.79 Å². The number of para-hydroxylation sites is 1. The highest BCUT2D eigenvalue weighted by Gasteiger charge is 2.33. The van der Waals surface area contributed by atoms with Gasteiger partial charge in [0, 0.05) is 28.7 Å². The molecule has 0 radical (unpaired) electrons. The molecule has 1 aliphatic rings. The molecular weight excluding hydrogens is 522 g/mol. The van der Waals surface area contributed by atoms with Gasteiger partial charge in [0.2, 0.25) is 0 Å². The van der Waals surface area contributed by atoms with Crippen LogP contribution in [0, 0.1) is 6.92 Å². The Morgan fingerprint density at radius 3 is 2.55 bits per heavy atom. The van der Waals surface area contributed by atoms with Crippen molar-refractivity contribution in [1.82, 2.24) is 9.13 Å². The summed E-state index contributed by atoms with van der Waals surface area (Å²) in [6.07, 6.45) is 3.84. The van der Waals surface area contributed by atoms with Crippen molar-refractivity contribution < 1.29 is 14.3 Å². The van der Waals surface area contributed by atoms with Crippen LogP contribution in [0.1, 0.15) is 50.6 Å². The van der Waals surface area contributed by atoms with Gasteiger partial charge in [0.25, 0.3) is 5.56 Å². The molecule has 8 heteroatoms. The first-order chi connectivity index (χ1) is 19.2. The largest absolute Gasteiger partial charge is 0.491 e. The third kappa shape index (κ3) is 4.84. The van der Waals surface area contributed by atoms with Crippen LogP contribution in [0.5, 0.6) is 5.75 Å². The summed E-state index contributed by atoms with van der Waals surface area (Å²) in [7, 11) is 0. The Labute approximate surface area is 237 Å². The quantitative estimate of drug-likeness (QED) is 0.226. The Morgan fingerprint density at radius 2 is 1.88 bits per heavy atom. The SMILES string of the molecule is C=CCn1c(C)c(/C=c2\sc3n(c2=O)[C@@H](c2ccc(OC(C)C)cc2)C(C(=O)OCC)=C(C)N=3)c2ccccc21. The first-order valence-corrected chi connectivity index (χ1v) is 14.2. The number of hydrogen-bond acceptors (Lipinski definition) is 6. The van der Waals surface area contributed by atoms with E-state index in [0.29, 0.717) is 27.1 Å². The van der Waals surface area contributed by atoms with E-state index in [1.165, 1.54) is 11.3 Å². The van der Waals surface area contributed by atoms with Crippen molar-refractivity contribution >= 4 is 34.3 Å². The van der Waals surface area contributed by atoms with Crippen molar-refractivity contribution in [2.45, 2.75) is 53.3 Å². The minimum absolute atomic E-state index is 0.0293. The first kappa shape index (κ1) is 27.4. The second-order valence-corrected chi connectivity index (χ2v) is 11.0. The maximum absolute atomic E-state index is 14.1. The summed E-state index contributed by atoms with van der Waals surface area (Å²) in [5, 5.41) is 1.06. The normalized spacial score (nSPS) is 15.3. The van der Waals surface area contributed by atoms with Crippen LogP contribution in [-0.4, -0.2) is 27.8 Å². The molecule has 0 aliphatic carbocycles. The van der Waals surface area contributed by atoms with E-state index in [1.54, 1.807) is 18.4 Å². The summed E-state index contributed by atoms with van der Waals surface area (Å²) < 4.78 is 15.6. The van der Waals surface area contributed by atoms with Gasteiger partial charge in [-0.2, -0.15) is 0 Å². The zero-order valence-electron chi connectivity index (χ0n) is 23.4. The van der Waals surface area contributed by atoms with Crippen LogP contribution in [0.3, 0.4) is 0 Å². The summed E-state index contributed by atoms with van der Waals surface area (Å²) in [5.41, 5.74) is 4.59. The van der Waals surface area contributed by atoms with Crippen LogP contribution in [0.25, 0.3) is 17.0 Å². The fourth-order valence-corrected chi connectivity index (χ4v) is 6.27. The number of thiazole rings is 1. The van der Waals surface area contributed by atoms with Crippen molar-refractivity contribution in [3.8, 4) is 5.75 Å². The molecule has 0 saturated carbocycles. The number of carbonyl (C=O) groups excluding carboxylic acids is 1. The van der Waals surface area contributed by atoms with Crippen molar-refractivity contribution in [3.05, 3.63) is 109 Å². The van der Waals surface area contributed by atoms with Gasteiger partial charge in [-0.05, 0) is 64.5 Å². The Balaban J connectivity index is 1.72. The van der Waals surface area contributed by atoms with Crippen LogP contribution in [0.2, 0.25) is 0 Å². The summed E-state index contributed by atoms with van der Waals surface area (Å²) in [6.45, 7) is 14.3. The summed E-state index contributed by atoms with van der Waals surface area (Å²) in [4.78, 5) is 32.5. The lowest BCUT2D eigenvalue weighted by molar-refractivity contribution is -0.139. The molecule has 0 bridgehead atoms. The molecule has 206 valence electrons. The molecule has 0 unspecified atom stereocenters. The van der Waals surface area contributed by atoms with Crippen LogP contribution < -0.4 is 19.6 Å². The van der Waals surface area contributed by atoms with E-state index in [1.807, 2.05) is 62.4 Å². The number of carbonyl (C=O) groups is 1. The number of hydrogen-bond donors (Lipinski definition) is 0. The van der Waals surface area contributed by atoms with Gasteiger partial charge >= 0.3 is 5.97 Å². The van der Waals surface area contributed by atoms with Gasteiger partial charge < -0.3 is 14.0 Å². The molecule has 1 atom stereocenters. The molecule has 3 heterocycles. The lowest BCUT2D eigenvalue weighted by Gasteiger charge is -2.25. The minimum atomic E-state index is -0.672. The van der Waals surface area contributed by atoms with Crippen LogP contribution >= 0.6 is 11.3 Å². The molecule has 0 spiro atoms. The van der Waals surface area contributed by atoms with Crippen LogP contribution in [-0.2, 0) is 16.1 Å². The van der Waals surface area contributed by atoms with E-state index in [2.05, 4.69) is 30.2 Å². The van der Waals surface area contributed by atoms with Crippen molar-refractivity contribution in [2.75, 3.05) is 6.61 Å². The Morgan fingerprint density at radius 1 is 1.15 bits per heavy atom. The second-order valence-electron chi connectivity index (χ2n) is 9.95. The molecule has 0 saturated heterocycles. The number of aromatic nitrogens is 2. The molecule has 1 aliphatic heterocycles. The molecule has 40 heavy (non-hydrogen) atoms. The number of benzene rings is 2. The molecule has 0 amide bonds. The molecule has 7 nitrogen and oxygen atoms in total. The highest BCUT2D eigenvalue weighted by atomic mass is 32.1. The van der Waals surface area contributed by atoms with Gasteiger partial charge in [-0.15, -0.1) is 6.58 Å². The number of nitrogens with zero attached hydrogens (tertiary/aromatic N) is 3. The Hall–Kier alpha value is -4.17. The highest BCUT2D eigenvalue weighted by Crippen LogP contribution is 2.32. The zero-order valence-corrected chi connectivity index (χ0v) is 24.2. The molecule has 2 aromatic heterocycles. The van der Waals surface area contributed by atoms with Gasteiger partial charge in [0.1, 0.15) is 5.75 Å². The minimum Gasteiger partial charge on any atom is -0.491 e. The van der Waals surface area contributed by atoms with E-state index in [4.69, 9.17) is 14.5 Å². The zero-order chi connectivity index (χ0) is 28.6. The van der Waals surface area contributed by atoms with Crippen molar-refractivity contribution in [3.63, 3.8) is 0 Å². The number of ether oxygens (including phenoxy) is 2. The predicted octanol–water partition coefficient (Wildman–Crippen LogP) is 5.03. The maximum atomic E-state index is 14.1. The molecule has 0 fully saturated rings. The predicted molar refractivity (Wildman–Crippen MR) is 159 cm³/mol. The Bertz CT molecular complexity index is 1820. The average molecular weight is 556 g/mol. The molecular formula is C32H33N3O4S.